The quantitative estimate of drug-likeness (QED) is 0.664. The maximum absolute atomic E-state index is 5.43. The van der Waals surface area contributed by atoms with E-state index in [9.17, 15) is 0 Å². The number of H-pyrrole nitrogens is 1. The topological polar surface area (TPSA) is 79.6 Å². The Balaban J connectivity index is 1.93. The van der Waals surface area contributed by atoms with E-state index in [0.29, 0.717) is 13.1 Å². The number of aromatic nitrogens is 3. The molecule has 96 valence electrons. The van der Waals surface area contributed by atoms with Crippen LogP contribution in [0.5, 0.6) is 0 Å². The molecule has 4 N–H and O–H groups in total. The number of nitrogens with two attached hydrogens (primary N) is 1. The third-order valence-corrected chi connectivity index (χ3v) is 2.98. The van der Waals surface area contributed by atoms with Gasteiger partial charge in [0.1, 0.15) is 5.82 Å². The highest BCUT2D eigenvalue weighted by Gasteiger charge is 2.07. The van der Waals surface area contributed by atoms with Crippen LogP contribution in [0.3, 0.4) is 0 Å². The Morgan fingerprint density at radius 1 is 1.11 bits per heavy atom. The lowest BCUT2D eigenvalue weighted by atomic mass is 10.1. The van der Waals surface area contributed by atoms with Gasteiger partial charge in [0.2, 0.25) is 0 Å². The Morgan fingerprint density at radius 3 is 2.79 bits per heavy atom. The van der Waals surface area contributed by atoms with Gasteiger partial charge in [0.15, 0.2) is 0 Å². The molecule has 0 unspecified atom stereocenters. The van der Waals surface area contributed by atoms with Gasteiger partial charge in [-0.1, -0.05) is 18.2 Å². The van der Waals surface area contributed by atoms with Gasteiger partial charge in [-0.2, -0.15) is 0 Å². The van der Waals surface area contributed by atoms with Gasteiger partial charge < -0.3 is 16.0 Å². The van der Waals surface area contributed by atoms with Crippen molar-refractivity contribution in [3.8, 4) is 11.3 Å². The summed E-state index contributed by atoms with van der Waals surface area (Å²) in [5.74, 6) is 0.744. The third-order valence-electron chi connectivity index (χ3n) is 2.98. The minimum absolute atomic E-state index is 0.575. The van der Waals surface area contributed by atoms with E-state index in [1.807, 2.05) is 36.5 Å². The van der Waals surface area contributed by atoms with Gasteiger partial charge in [0, 0.05) is 35.8 Å². The lowest BCUT2D eigenvalue weighted by Gasteiger charge is -2.03. The highest BCUT2D eigenvalue weighted by molar-refractivity contribution is 5.94. The van der Waals surface area contributed by atoms with E-state index in [2.05, 4.69) is 26.6 Å². The normalized spacial score (nSPS) is 10.8. The van der Waals surface area contributed by atoms with E-state index in [-0.39, 0.29) is 0 Å². The second-order valence-electron chi connectivity index (χ2n) is 4.27. The Hall–Kier alpha value is -2.40. The van der Waals surface area contributed by atoms with E-state index in [1.54, 1.807) is 0 Å². The molecule has 0 radical (unpaired) electrons. The minimum Gasteiger partial charge on any atom is -0.367 e. The predicted molar refractivity (Wildman–Crippen MR) is 76.9 cm³/mol. The first kappa shape index (κ1) is 11.7. The number of nitrogens with zero attached hydrogens (tertiary/aromatic N) is 2. The molecule has 0 amide bonds. The monoisotopic (exact) mass is 253 g/mol. The fraction of sp³-hybridized carbons (Fsp3) is 0.143. The summed E-state index contributed by atoms with van der Waals surface area (Å²) in [6.07, 6.45) is 1.96. The Kier molecular flexibility index (Phi) is 3.12. The SMILES string of the molecule is NCCNc1ccc(-c2c[nH]c3ccccc23)nn1. The molecule has 0 aliphatic rings. The molecule has 0 saturated carbocycles. The van der Waals surface area contributed by atoms with Crippen molar-refractivity contribution < 1.29 is 0 Å². The van der Waals surface area contributed by atoms with Crippen LogP contribution in [-0.2, 0) is 0 Å². The molecule has 3 rings (SSSR count). The summed E-state index contributed by atoms with van der Waals surface area (Å²) in [6, 6.07) is 12.0. The molecule has 0 saturated heterocycles. The van der Waals surface area contributed by atoms with Crippen LogP contribution in [0.1, 0.15) is 0 Å². The van der Waals surface area contributed by atoms with Crippen molar-refractivity contribution in [2.75, 3.05) is 18.4 Å². The second-order valence-corrected chi connectivity index (χ2v) is 4.27. The van der Waals surface area contributed by atoms with Crippen molar-refractivity contribution in [2.24, 2.45) is 5.73 Å². The predicted octanol–water partition coefficient (Wildman–Crippen LogP) is 2.00. The lowest BCUT2D eigenvalue weighted by molar-refractivity contribution is 0.974. The summed E-state index contributed by atoms with van der Waals surface area (Å²) in [6.45, 7) is 1.27. The number of fused-ring (bicyclic) bond motifs is 1. The summed E-state index contributed by atoms with van der Waals surface area (Å²) >= 11 is 0. The number of benzene rings is 1. The average Bonchev–Trinajstić information content (AvgIpc) is 2.90. The van der Waals surface area contributed by atoms with Crippen LogP contribution in [0, 0.1) is 0 Å². The molecule has 5 heteroatoms. The first-order valence-corrected chi connectivity index (χ1v) is 6.22. The van der Waals surface area contributed by atoms with E-state index < -0.39 is 0 Å². The number of hydrogen-bond donors (Lipinski definition) is 3. The zero-order valence-corrected chi connectivity index (χ0v) is 10.4. The van der Waals surface area contributed by atoms with E-state index >= 15 is 0 Å². The highest BCUT2D eigenvalue weighted by atomic mass is 15.2. The van der Waals surface area contributed by atoms with Gasteiger partial charge in [-0.05, 0) is 18.2 Å². The molecule has 19 heavy (non-hydrogen) atoms. The molecule has 0 aliphatic carbocycles. The number of hydrogen-bond acceptors (Lipinski definition) is 4. The number of aromatic amines is 1. The molecule has 3 aromatic rings. The van der Waals surface area contributed by atoms with Crippen LogP contribution < -0.4 is 11.1 Å². The Bertz CT molecular complexity index is 672. The van der Waals surface area contributed by atoms with Crippen molar-refractivity contribution >= 4 is 16.7 Å². The summed E-state index contributed by atoms with van der Waals surface area (Å²) in [5.41, 5.74) is 8.45. The molecule has 0 atom stereocenters. The first-order valence-electron chi connectivity index (χ1n) is 6.22. The molecular weight excluding hydrogens is 238 g/mol. The van der Waals surface area contributed by atoms with Gasteiger partial charge in [0.05, 0.1) is 5.69 Å². The number of nitrogens with one attached hydrogen (secondary N) is 2. The van der Waals surface area contributed by atoms with Crippen LogP contribution in [0.4, 0.5) is 5.82 Å². The zero-order valence-electron chi connectivity index (χ0n) is 10.4. The number of para-hydroxylation sites is 1. The molecule has 1 aromatic carbocycles. The van der Waals surface area contributed by atoms with Crippen molar-refractivity contribution in [3.63, 3.8) is 0 Å². The van der Waals surface area contributed by atoms with Crippen LogP contribution >= 0.6 is 0 Å². The standard InChI is InChI=1S/C14H15N5/c15-7-8-16-14-6-5-13(18-19-14)11-9-17-12-4-2-1-3-10(11)12/h1-6,9,17H,7-8,15H2,(H,16,19). The maximum Gasteiger partial charge on any atom is 0.148 e. The van der Waals surface area contributed by atoms with E-state index in [1.165, 1.54) is 0 Å². The smallest absolute Gasteiger partial charge is 0.148 e. The molecule has 0 spiro atoms. The third kappa shape index (κ3) is 2.28. The minimum atomic E-state index is 0.575. The van der Waals surface area contributed by atoms with Gasteiger partial charge in [-0.25, -0.2) is 0 Å². The fourth-order valence-corrected chi connectivity index (χ4v) is 2.05. The molecule has 5 nitrogen and oxygen atoms in total. The Labute approximate surface area is 110 Å². The molecule has 0 bridgehead atoms. The number of rotatable bonds is 4. The van der Waals surface area contributed by atoms with E-state index in [4.69, 9.17) is 5.73 Å². The van der Waals surface area contributed by atoms with E-state index in [0.717, 1.165) is 28.0 Å². The summed E-state index contributed by atoms with van der Waals surface area (Å²) < 4.78 is 0. The largest absolute Gasteiger partial charge is 0.367 e. The van der Waals surface area contributed by atoms with Crippen molar-refractivity contribution in [1.82, 2.24) is 15.2 Å². The average molecular weight is 253 g/mol. The van der Waals surface area contributed by atoms with Crippen LogP contribution in [0.25, 0.3) is 22.2 Å². The van der Waals surface area contributed by atoms with Gasteiger partial charge in [0.25, 0.3) is 0 Å². The Morgan fingerprint density at radius 2 is 2.00 bits per heavy atom. The fourth-order valence-electron chi connectivity index (χ4n) is 2.05. The highest BCUT2D eigenvalue weighted by Crippen LogP contribution is 2.26. The van der Waals surface area contributed by atoms with Crippen LogP contribution in [0.2, 0.25) is 0 Å². The zero-order chi connectivity index (χ0) is 13.1. The molecule has 0 fully saturated rings. The summed E-state index contributed by atoms with van der Waals surface area (Å²) in [4.78, 5) is 3.24. The summed E-state index contributed by atoms with van der Waals surface area (Å²) in [5, 5.41) is 12.6. The van der Waals surface area contributed by atoms with Gasteiger partial charge >= 0.3 is 0 Å². The molecule has 2 aromatic heterocycles. The second kappa shape index (κ2) is 5.07. The molecular formula is C14H15N5. The summed E-state index contributed by atoms with van der Waals surface area (Å²) in [7, 11) is 0. The van der Waals surface area contributed by atoms with Crippen LogP contribution in [0.15, 0.2) is 42.6 Å². The first-order chi connectivity index (χ1) is 9.38. The maximum atomic E-state index is 5.43. The van der Waals surface area contributed by atoms with Crippen molar-refractivity contribution in [2.45, 2.75) is 0 Å². The lowest BCUT2D eigenvalue weighted by Crippen LogP contribution is -2.14. The molecule has 2 heterocycles. The number of anilines is 1. The van der Waals surface area contributed by atoms with Crippen LogP contribution in [-0.4, -0.2) is 28.3 Å². The van der Waals surface area contributed by atoms with Crippen molar-refractivity contribution in [1.29, 1.82) is 0 Å². The van der Waals surface area contributed by atoms with Gasteiger partial charge in [-0.3, -0.25) is 0 Å². The van der Waals surface area contributed by atoms with Crippen molar-refractivity contribution in [3.05, 3.63) is 42.6 Å². The molecule has 0 aliphatic heterocycles. The van der Waals surface area contributed by atoms with Gasteiger partial charge in [-0.15, -0.1) is 10.2 Å².